The second-order valence-electron chi connectivity index (χ2n) is 2.86. The van der Waals surface area contributed by atoms with Crippen molar-refractivity contribution in [2.24, 2.45) is 11.7 Å². The highest BCUT2D eigenvalue weighted by Gasteiger charge is 2.34. The van der Waals surface area contributed by atoms with Gasteiger partial charge in [-0.1, -0.05) is 0 Å². The molecule has 0 aromatic heterocycles. The number of nitriles is 1. The van der Waals surface area contributed by atoms with Crippen LogP contribution in [-0.4, -0.2) is 26.0 Å². The van der Waals surface area contributed by atoms with Gasteiger partial charge in [0.1, 0.15) is 0 Å². The fourth-order valence-corrected chi connectivity index (χ4v) is 3.29. The lowest BCUT2D eigenvalue weighted by Crippen LogP contribution is -2.28. The Kier molecular flexibility index (Phi) is 2.16. The Morgan fingerprint density at radius 3 is 2.55 bits per heavy atom. The minimum absolute atomic E-state index is 0.0410. The van der Waals surface area contributed by atoms with E-state index in [1.807, 2.05) is 6.07 Å². The quantitative estimate of drug-likeness (QED) is 0.568. The smallest absolute Gasteiger partial charge is 0.152 e. The molecule has 1 rings (SSSR count). The maximum absolute atomic E-state index is 10.9. The van der Waals surface area contributed by atoms with E-state index in [2.05, 4.69) is 0 Å². The van der Waals surface area contributed by atoms with Gasteiger partial charge in [-0.15, -0.1) is 0 Å². The summed E-state index contributed by atoms with van der Waals surface area (Å²) in [6.07, 6.45) is 0.250. The normalized spacial score (nSPS) is 34.9. The van der Waals surface area contributed by atoms with Gasteiger partial charge in [0.2, 0.25) is 0 Å². The third-order valence-corrected chi connectivity index (χ3v) is 3.70. The van der Waals surface area contributed by atoms with Crippen molar-refractivity contribution in [1.82, 2.24) is 0 Å². The van der Waals surface area contributed by atoms with Crippen molar-refractivity contribution >= 4 is 9.84 Å². The Morgan fingerprint density at radius 2 is 2.18 bits per heavy atom. The topological polar surface area (TPSA) is 84.0 Å². The Labute approximate surface area is 65.9 Å². The van der Waals surface area contributed by atoms with Crippen LogP contribution in [0, 0.1) is 17.2 Å². The number of nitrogens with two attached hydrogens (primary N) is 1. The molecule has 11 heavy (non-hydrogen) atoms. The standard InChI is InChI=1S/C6H10N2O2S/c7-2-1-5-3-11(9,10)4-6(5)8/h5-6H,1,3-4,8H2/t5-,6-/m0/s1. The molecule has 1 heterocycles. The zero-order valence-electron chi connectivity index (χ0n) is 6.03. The van der Waals surface area contributed by atoms with Crippen LogP contribution in [0.5, 0.6) is 0 Å². The van der Waals surface area contributed by atoms with E-state index in [1.54, 1.807) is 0 Å². The highest BCUT2D eigenvalue weighted by molar-refractivity contribution is 7.91. The molecule has 62 valence electrons. The molecule has 0 radical (unpaired) electrons. The van der Waals surface area contributed by atoms with Crippen LogP contribution < -0.4 is 5.73 Å². The lowest BCUT2D eigenvalue weighted by atomic mass is 10.0. The van der Waals surface area contributed by atoms with Crippen LogP contribution in [0.15, 0.2) is 0 Å². The monoisotopic (exact) mass is 174 g/mol. The summed E-state index contributed by atoms with van der Waals surface area (Å²) in [5.41, 5.74) is 5.51. The van der Waals surface area contributed by atoms with Gasteiger partial charge in [0.05, 0.1) is 17.6 Å². The van der Waals surface area contributed by atoms with E-state index in [9.17, 15) is 8.42 Å². The zero-order chi connectivity index (χ0) is 8.48. The molecule has 1 aliphatic rings. The van der Waals surface area contributed by atoms with Gasteiger partial charge in [0.15, 0.2) is 9.84 Å². The molecule has 0 spiro atoms. The van der Waals surface area contributed by atoms with Crippen LogP contribution in [0.1, 0.15) is 6.42 Å². The molecule has 0 aliphatic carbocycles. The highest BCUT2D eigenvalue weighted by Crippen LogP contribution is 2.19. The van der Waals surface area contributed by atoms with Crippen molar-refractivity contribution in [2.45, 2.75) is 12.5 Å². The summed E-state index contributed by atoms with van der Waals surface area (Å²) in [7, 11) is -2.94. The van der Waals surface area contributed by atoms with E-state index < -0.39 is 9.84 Å². The summed E-state index contributed by atoms with van der Waals surface area (Å²) in [6, 6.07) is 1.60. The average molecular weight is 174 g/mol. The third kappa shape index (κ3) is 1.91. The highest BCUT2D eigenvalue weighted by atomic mass is 32.2. The number of rotatable bonds is 1. The lowest BCUT2D eigenvalue weighted by molar-refractivity contribution is 0.528. The average Bonchev–Trinajstić information content (AvgIpc) is 2.07. The van der Waals surface area contributed by atoms with Gasteiger partial charge >= 0.3 is 0 Å². The third-order valence-electron chi connectivity index (χ3n) is 1.87. The van der Waals surface area contributed by atoms with Crippen LogP contribution in [0.4, 0.5) is 0 Å². The van der Waals surface area contributed by atoms with Crippen molar-refractivity contribution in [3.63, 3.8) is 0 Å². The Bertz CT molecular complexity index is 277. The van der Waals surface area contributed by atoms with E-state index in [4.69, 9.17) is 11.0 Å². The van der Waals surface area contributed by atoms with Gasteiger partial charge < -0.3 is 5.73 Å². The molecule has 2 atom stereocenters. The molecule has 4 nitrogen and oxygen atoms in total. The molecule has 0 unspecified atom stereocenters. The van der Waals surface area contributed by atoms with Gasteiger partial charge in [-0.2, -0.15) is 5.26 Å². The first-order valence-corrected chi connectivity index (χ1v) is 5.20. The van der Waals surface area contributed by atoms with Crippen molar-refractivity contribution < 1.29 is 8.42 Å². The van der Waals surface area contributed by atoms with Crippen LogP contribution in [0.3, 0.4) is 0 Å². The molecule has 1 saturated heterocycles. The fourth-order valence-electron chi connectivity index (χ4n) is 1.27. The molecular weight excluding hydrogens is 164 g/mol. The van der Waals surface area contributed by atoms with Crippen molar-refractivity contribution in [3.8, 4) is 6.07 Å². The SMILES string of the molecule is N#CC[C@H]1CS(=O)(=O)C[C@@H]1N. The maximum Gasteiger partial charge on any atom is 0.152 e. The summed E-state index contributed by atoms with van der Waals surface area (Å²) in [6.45, 7) is 0. The van der Waals surface area contributed by atoms with Crippen LogP contribution in [0.25, 0.3) is 0 Å². The van der Waals surface area contributed by atoms with E-state index in [0.717, 1.165) is 0 Å². The maximum atomic E-state index is 10.9. The molecule has 1 aliphatic heterocycles. The van der Waals surface area contributed by atoms with E-state index in [-0.39, 0.29) is 29.9 Å². The predicted octanol–water partition coefficient (Wildman–Crippen LogP) is -0.728. The van der Waals surface area contributed by atoms with Gasteiger partial charge in [-0.05, 0) is 0 Å². The lowest BCUT2D eigenvalue weighted by Gasteiger charge is -2.06. The predicted molar refractivity (Wildman–Crippen MR) is 40.3 cm³/mol. The van der Waals surface area contributed by atoms with Gasteiger partial charge in [-0.25, -0.2) is 8.42 Å². The van der Waals surface area contributed by atoms with Gasteiger partial charge in [-0.3, -0.25) is 0 Å². The molecule has 2 N–H and O–H groups in total. The zero-order valence-corrected chi connectivity index (χ0v) is 6.84. The molecule has 0 amide bonds. The van der Waals surface area contributed by atoms with Crippen LogP contribution >= 0.6 is 0 Å². The molecule has 0 aromatic rings. The number of hydrogen-bond donors (Lipinski definition) is 1. The minimum Gasteiger partial charge on any atom is -0.326 e. The van der Waals surface area contributed by atoms with Gasteiger partial charge in [0, 0.05) is 18.4 Å². The van der Waals surface area contributed by atoms with Crippen molar-refractivity contribution in [2.75, 3.05) is 11.5 Å². The summed E-state index contributed by atoms with van der Waals surface area (Å²) in [4.78, 5) is 0. The summed E-state index contributed by atoms with van der Waals surface area (Å²) in [5, 5.41) is 8.31. The molecule has 5 heteroatoms. The molecule has 1 fully saturated rings. The molecule has 0 bridgehead atoms. The Balaban J connectivity index is 2.68. The summed E-state index contributed by atoms with van der Waals surface area (Å²) < 4.78 is 21.9. The fraction of sp³-hybridized carbons (Fsp3) is 0.833. The first kappa shape index (κ1) is 8.50. The number of nitrogens with zero attached hydrogens (tertiary/aromatic N) is 1. The van der Waals surface area contributed by atoms with Gasteiger partial charge in [0.25, 0.3) is 0 Å². The Morgan fingerprint density at radius 1 is 1.55 bits per heavy atom. The number of sulfone groups is 1. The molecule has 0 saturated carbocycles. The molecular formula is C6H10N2O2S. The minimum atomic E-state index is -2.94. The first-order chi connectivity index (χ1) is 5.05. The van der Waals surface area contributed by atoms with Crippen LogP contribution in [0.2, 0.25) is 0 Å². The van der Waals surface area contributed by atoms with Crippen molar-refractivity contribution in [3.05, 3.63) is 0 Å². The van der Waals surface area contributed by atoms with E-state index in [1.165, 1.54) is 0 Å². The molecule has 0 aromatic carbocycles. The summed E-state index contributed by atoms with van der Waals surface area (Å²) >= 11 is 0. The van der Waals surface area contributed by atoms with Crippen LogP contribution in [-0.2, 0) is 9.84 Å². The number of hydrogen-bond acceptors (Lipinski definition) is 4. The van der Waals surface area contributed by atoms with Crippen molar-refractivity contribution in [1.29, 1.82) is 5.26 Å². The second-order valence-corrected chi connectivity index (χ2v) is 5.02. The van der Waals surface area contributed by atoms with E-state index >= 15 is 0 Å². The summed E-state index contributed by atoms with van der Waals surface area (Å²) in [5.74, 6) is -0.0221. The second kappa shape index (κ2) is 2.80. The largest absolute Gasteiger partial charge is 0.326 e. The Hall–Kier alpha value is -0.600. The van der Waals surface area contributed by atoms with E-state index in [0.29, 0.717) is 0 Å². The first-order valence-electron chi connectivity index (χ1n) is 3.38.